The van der Waals surface area contributed by atoms with Crippen LogP contribution in [0.1, 0.15) is 39.9 Å². The van der Waals surface area contributed by atoms with E-state index in [0.717, 1.165) is 35.2 Å². The molecule has 3 rings (SSSR count). The molecule has 0 atom stereocenters. The summed E-state index contributed by atoms with van der Waals surface area (Å²) in [5, 5.41) is 2.94. The van der Waals surface area contributed by atoms with Crippen LogP contribution in [-0.2, 0) is 10.0 Å². The number of hydrogen-bond acceptors (Lipinski definition) is 3. The van der Waals surface area contributed by atoms with Crippen LogP contribution in [0.25, 0.3) is 0 Å². The monoisotopic (exact) mass is 372 g/mol. The molecule has 0 bridgehead atoms. The van der Waals surface area contributed by atoms with Crippen molar-refractivity contribution < 1.29 is 13.2 Å². The van der Waals surface area contributed by atoms with Crippen LogP contribution in [0.15, 0.2) is 41.3 Å². The van der Waals surface area contributed by atoms with E-state index in [1.807, 2.05) is 39.0 Å². The SMILES string of the molecule is Cc1ccc(S(=O)(=O)N2CCCC2)cc1C(=O)Nc1c(C)cccc1C. The third-order valence-electron chi connectivity index (χ3n) is 4.88. The lowest BCUT2D eigenvalue weighted by atomic mass is 10.1. The van der Waals surface area contributed by atoms with Crippen LogP contribution in [0.3, 0.4) is 0 Å². The van der Waals surface area contributed by atoms with E-state index in [1.54, 1.807) is 12.1 Å². The van der Waals surface area contributed by atoms with E-state index in [9.17, 15) is 13.2 Å². The van der Waals surface area contributed by atoms with Crippen molar-refractivity contribution in [3.8, 4) is 0 Å². The maximum Gasteiger partial charge on any atom is 0.255 e. The van der Waals surface area contributed by atoms with Crippen molar-refractivity contribution in [2.45, 2.75) is 38.5 Å². The van der Waals surface area contributed by atoms with Crippen molar-refractivity contribution in [3.05, 3.63) is 58.7 Å². The van der Waals surface area contributed by atoms with Crippen LogP contribution in [-0.4, -0.2) is 31.7 Å². The largest absolute Gasteiger partial charge is 0.321 e. The Balaban J connectivity index is 1.94. The maximum atomic E-state index is 12.8. The van der Waals surface area contributed by atoms with Gasteiger partial charge in [0.25, 0.3) is 5.91 Å². The van der Waals surface area contributed by atoms with E-state index >= 15 is 0 Å². The fourth-order valence-electron chi connectivity index (χ4n) is 3.28. The Morgan fingerprint density at radius 1 is 0.962 bits per heavy atom. The van der Waals surface area contributed by atoms with Gasteiger partial charge in [0.1, 0.15) is 0 Å². The number of nitrogens with zero attached hydrogens (tertiary/aromatic N) is 1. The van der Waals surface area contributed by atoms with Gasteiger partial charge < -0.3 is 5.32 Å². The molecule has 1 amide bonds. The van der Waals surface area contributed by atoms with Crippen LogP contribution in [0.4, 0.5) is 5.69 Å². The predicted octanol–water partition coefficient (Wildman–Crippen LogP) is 3.65. The molecule has 1 N–H and O–H groups in total. The molecule has 0 aromatic heterocycles. The first kappa shape index (κ1) is 18.6. The van der Waals surface area contributed by atoms with E-state index in [0.29, 0.717) is 18.7 Å². The summed E-state index contributed by atoms with van der Waals surface area (Å²) >= 11 is 0. The molecule has 0 spiro atoms. The van der Waals surface area contributed by atoms with Crippen molar-refractivity contribution >= 4 is 21.6 Å². The molecule has 26 heavy (non-hydrogen) atoms. The van der Waals surface area contributed by atoms with Gasteiger partial charge >= 0.3 is 0 Å². The molecule has 0 radical (unpaired) electrons. The fraction of sp³-hybridized carbons (Fsp3) is 0.350. The molecule has 138 valence electrons. The predicted molar refractivity (Wildman–Crippen MR) is 103 cm³/mol. The van der Waals surface area contributed by atoms with Crippen molar-refractivity contribution in [2.24, 2.45) is 0 Å². The van der Waals surface area contributed by atoms with Crippen LogP contribution in [0.2, 0.25) is 0 Å². The minimum Gasteiger partial charge on any atom is -0.321 e. The van der Waals surface area contributed by atoms with Gasteiger partial charge in [-0.3, -0.25) is 4.79 Å². The van der Waals surface area contributed by atoms with Gasteiger partial charge in [-0.2, -0.15) is 4.31 Å². The third-order valence-corrected chi connectivity index (χ3v) is 6.77. The molecular weight excluding hydrogens is 348 g/mol. The van der Waals surface area contributed by atoms with Gasteiger partial charge in [-0.25, -0.2) is 8.42 Å². The van der Waals surface area contributed by atoms with E-state index in [2.05, 4.69) is 5.32 Å². The number of aryl methyl sites for hydroxylation is 3. The van der Waals surface area contributed by atoms with Gasteiger partial charge in [0, 0.05) is 24.3 Å². The van der Waals surface area contributed by atoms with Gasteiger partial charge in [-0.15, -0.1) is 0 Å². The first-order chi connectivity index (χ1) is 12.3. The van der Waals surface area contributed by atoms with Gasteiger partial charge in [-0.05, 0) is 62.4 Å². The summed E-state index contributed by atoms with van der Waals surface area (Å²) in [6, 6.07) is 10.6. The van der Waals surface area contributed by atoms with Crippen molar-refractivity contribution in [2.75, 3.05) is 18.4 Å². The van der Waals surface area contributed by atoms with Gasteiger partial charge in [0.2, 0.25) is 10.0 Å². The van der Waals surface area contributed by atoms with Gasteiger partial charge in [-0.1, -0.05) is 24.3 Å². The number of amides is 1. The zero-order valence-electron chi connectivity index (χ0n) is 15.4. The van der Waals surface area contributed by atoms with Crippen LogP contribution in [0.5, 0.6) is 0 Å². The van der Waals surface area contributed by atoms with Crippen LogP contribution in [0, 0.1) is 20.8 Å². The van der Waals surface area contributed by atoms with Crippen molar-refractivity contribution in [3.63, 3.8) is 0 Å². The van der Waals surface area contributed by atoms with Crippen molar-refractivity contribution in [1.29, 1.82) is 0 Å². The summed E-state index contributed by atoms with van der Waals surface area (Å²) in [7, 11) is -3.55. The average Bonchev–Trinajstić information content (AvgIpc) is 3.14. The highest BCUT2D eigenvalue weighted by Crippen LogP contribution is 2.25. The smallest absolute Gasteiger partial charge is 0.255 e. The van der Waals surface area contributed by atoms with E-state index in [-0.39, 0.29) is 10.8 Å². The Hall–Kier alpha value is -2.18. The number of carbonyl (C=O) groups is 1. The average molecular weight is 372 g/mol. The lowest BCUT2D eigenvalue weighted by Crippen LogP contribution is -2.28. The molecule has 6 heteroatoms. The topological polar surface area (TPSA) is 66.5 Å². The number of benzene rings is 2. The first-order valence-corrected chi connectivity index (χ1v) is 10.2. The molecule has 0 aliphatic carbocycles. The Labute approximate surface area is 155 Å². The molecule has 2 aromatic carbocycles. The van der Waals surface area contributed by atoms with E-state index in [1.165, 1.54) is 10.4 Å². The summed E-state index contributed by atoms with van der Waals surface area (Å²) in [5.74, 6) is -0.293. The van der Waals surface area contributed by atoms with Crippen LogP contribution < -0.4 is 5.32 Å². The highest BCUT2D eigenvalue weighted by molar-refractivity contribution is 7.89. The van der Waals surface area contributed by atoms with Gasteiger partial charge in [0.05, 0.1) is 4.90 Å². The molecule has 1 aliphatic heterocycles. The molecule has 1 saturated heterocycles. The molecule has 2 aromatic rings. The fourth-order valence-corrected chi connectivity index (χ4v) is 4.82. The third kappa shape index (κ3) is 3.52. The summed E-state index contributed by atoms with van der Waals surface area (Å²) in [4.78, 5) is 13.0. The van der Waals surface area contributed by atoms with E-state index < -0.39 is 10.0 Å². The number of nitrogens with one attached hydrogen (secondary N) is 1. The second-order valence-corrected chi connectivity index (χ2v) is 8.75. The zero-order chi connectivity index (χ0) is 18.9. The summed E-state index contributed by atoms with van der Waals surface area (Å²) in [6.07, 6.45) is 1.76. The molecule has 1 fully saturated rings. The Morgan fingerprint density at radius 2 is 1.58 bits per heavy atom. The highest BCUT2D eigenvalue weighted by Gasteiger charge is 2.28. The molecule has 5 nitrogen and oxygen atoms in total. The second kappa shape index (κ2) is 7.21. The van der Waals surface area contributed by atoms with Gasteiger partial charge in [0.15, 0.2) is 0 Å². The number of hydrogen-bond donors (Lipinski definition) is 1. The first-order valence-electron chi connectivity index (χ1n) is 8.79. The maximum absolute atomic E-state index is 12.8. The van der Waals surface area contributed by atoms with Crippen LogP contribution >= 0.6 is 0 Å². The van der Waals surface area contributed by atoms with E-state index in [4.69, 9.17) is 0 Å². The highest BCUT2D eigenvalue weighted by atomic mass is 32.2. The zero-order valence-corrected chi connectivity index (χ0v) is 16.2. The molecule has 0 saturated carbocycles. The normalized spacial score (nSPS) is 15.2. The number of para-hydroxylation sites is 1. The summed E-state index contributed by atoms with van der Waals surface area (Å²) in [5.41, 5.74) is 3.83. The lowest BCUT2D eigenvalue weighted by Gasteiger charge is -2.17. The summed E-state index contributed by atoms with van der Waals surface area (Å²) < 4.78 is 27.1. The molecule has 0 unspecified atom stereocenters. The number of rotatable bonds is 4. The number of carbonyl (C=O) groups excluding carboxylic acids is 1. The Kier molecular flexibility index (Phi) is 5.16. The lowest BCUT2D eigenvalue weighted by molar-refractivity contribution is 0.102. The number of anilines is 1. The molecule has 1 heterocycles. The Bertz CT molecular complexity index is 925. The minimum atomic E-state index is -3.55. The minimum absolute atomic E-state index is 0.177. The second-order valence-electron chi connectivity index (χ2n) is 6.81. The standard InChI is InChI=1S/C20H24N2O3S/c1-14-9-10-17(26(24,25)22-11-4-5-12-22)13-18(14)20(23)21-19-15(2)7-6-8-16(19)3/h6-10,13H,4-5,11-12H2,1-3H3,(H,21,23). The van der Waals surface area contributed by atoms with Crippen molar-refractivity contribution in [1.82, 2.24) is 4.31 Å². The molecular formula is C20H24N2O3S. The Morgan fingerprint density at radius 3 is 2.19 bits per heavy atom. The number of sulfonamides is 1. The molecule has 1 aliphatic rings. The summed E-state index contributed by atoms with van der Waals surface area (Å²) in [6.45, 7) is 6.76. The quantitative estimate of drug-likeness (QED) is 0.891.